The molecule has 1 aromatic carbocycles. The molecule has 9 heteroatoms. The van der Waals surface area contributed by atoms with Crippen molar-refractivity contribution < 1.29 is 23.2 Å². The van der Waals surface area contributed by atoms with Gasteiger partial charge in [-0.3, -0.25) is 9.59 Å². The predicted octanol–water partition coefficient (Wildman–Crippen LogP) is 1.74. The molecule has 118 valence electrons. The van der Waals surface area contributed by atoms with Gasteiger partial charge in [-0.1, -0.05) is 22.6 Å². The Bertz CT molecular complexity index is 943. The number of benzene rings is 1. The molecular weight excluding hydrogens is 325 g/mol. The van der Waals surface area contributed by atoms with Crippen molar-refractivity contribution in [3.05, 3.63) is 46.8 Å². The topological polar surface area (TPSA) is 86.7 Å². The molecule has 0 radical (unpaired) electrons. The number of fused-ring (bicyclic) bond motifs is 1. The van der Waals surface area contributed by atoms with Gasteiger partial charge in [-0.15, -0.1) is 0 Å². The Balaban J connectivity index is 2.19. The van der Waals surface area contributed by atoms with Gasteiger partial charge in [0.05, 0.1) is 23.5 Å². The highest BCUT2D eigenvalue weighted by Gasteiger charge is 2.16. The lowest BCUT2D eigenvalue weighted by Gasteiger charge is -2.03. The van der Waals surface area contributed by atoms with Crippen LogP contribution in [0.25, 0.3) is 10.2 Å². The van der Waals surface area contributed by atoms with Crippen LogP contribution in [-0.4, -0.2) is 28.7 Å². The predicted molar refractivity (Wildman–Crippen MR) is 78.2 cm³/mol. The van der Waals surface area contributed by atoms with E-state index in [2.05, 4.69) is 14.9 Å². The fourth-order valence-electron chi connectivity index (χ4n) is 1.98. The van der Waals surface area contributed by atoms with E-state index in [4.69, 9.17) is 4.52 Å². The molecule has 0 bridgehead atoms. The molecular formula is C14H10FN3O4S. The van der Waals surface area contributed by atoms with E-state index in [9.17, 15) is 14.0 Å². The van der Waals surface area contributed by atoms with Crippen LogP contribution in [0.4, 0.5) is 4.39 Å². The highest BCUT2D eigenvalue weighted by atomic mass is 32.1. The number of hydrogen-bond acceptors (Lipinski definition) is 6. The Labute approximate surface area is 132 Å². The average Bonchev–Trinajstić information content (AvgIpc) is 3.16. The highest BCUT2D eigenvalue weighted by molar-refractivity contribution is 7.16. The van der Waals surface area contributed by atoms with E-state index in [1.807, 2.05) is 0 Å². The second-order valence-corrected chi connectivity index (χ2v) is 5.44. The Morgan fingerprint density at radius 2 is 2.26 bits per heavy atom. The highest BCUT2D eigenvalue weighted by Crippen LogP contribution is 2.20. The van der Waals surface area contributed by atoms with Crippen LogP contribution < -0.4 is 4.80 Å². The fourth-order valence-corrected chi connectivity index (χ4v) is 3.02. The molecule has 3 rings (SSSR count). The smallest absolute Gasteiger partial charge is 0.325 e. The Hall–Kier alpha value is -2.81. The largest absolute Gasteiger partial charge is 0.468 e. The number of methoxy groups -OCH3 is 1. The standard InChI is InChI=1S/C14H10FN3O4S/c1-21-11(19)7-18-12-8(15)3-2-4-10(12)23-14(18)17-13(20)9-5-6-16-22-9/h2-6H,7H2,1H3. The quantitative estimate of drug-likeness (QED) is 0.681. The summed E-state index contributed by atoms with van der Waals surface area (Å²) >= 11 is 1.08. The van der Waals surface area contributed by atoms with Gasteiger partial charge in [-0.2, -0.15) is 4.99 Å². The summed E-state index contributed by atoms with van der Waals surface area (Å²) in [6, 6.07) is 5.85. The number of amides is 1. The summed E-state index contributed by atoms with van der Waals surface area (Å²) in [6.07, 6.45) is 1.32. The maximum absolute atomic E-state index is 14.1. The molecule has 0 N–H and O–H groups in total. The van der Waals surface area contributed by atoms with E-state index >= 15 is 0 Å². The number of esters is 1. The second kappa shape index (κ2) is 6.13. The molecule has 0 aliphatic carbocycles. The summed E-state index contributed by atoms with van der Waals surface area (Å²) in [5.41, 5.74) is 0.187. The minimum absolute atomic E-state index is 0.0486. The van der Waals surface area contributed by atoms with E-state index < -0.39 is 17.7 Å². The van der Waals surface area contributed by atoms with Crippen molar-refractivity contribution in [2.75, 3.05) is 7.11 Å². The summed E-state index contributed by atoms with van der Waals surface area (Å²) in [7, 11) is 1.23. The van der Waals surface area contributed by atoms with Crippen LogP contribution in [0.5, 0.6) is 0 Å². The molecule has 2 heterocycles. The minimum atomic E-state index is -0.673. The number of rotatable bonds is 3. The van der Waals surface area contributed by atoms with Crippen molar-refractivity contribution in [1.29, 1.82) is 0 Å². The van der Waals surface area contributed by atoms with E-state index in [1.54, 1.807) is 12.1 Å². The first-order valence-corrected chi connectivity index (χ1v) is 7.26. The van der Waals surface area contributed by atoms with Gasteiger partial charge in [0.1, 0.15) is 12.4 Å². The van der Waals surface area contributed by atoms with Gasteiger partial charge in [-0.25, -0.2) is 4.39 Å². The first kappa shape index (κ1) is 15.1. The van der Waals surface area contributed by atoms with Crippen LogP contribution in [0.3, 0.4) is 0 Å². The molecule has 0 spiro atoms. The molecule has 0 saturated heterocycles. The van der Waals surface area contributed by atoms with Crippen molar-refractivity contribution >= 4 is 33.4 Å². The molecule has 0 aliphatic heterocycles. The number of hydrogen-bond donors (Lipinski definition) is 0. The molecule has 0 saturated carbocycles. The number of nitrogens with zero attached hydrogens (tertiary/aromatic N) is 3. The Morgan fingerprint density at radius 3 is 2.96 bits per heavy atom. The van der Waals surface area contributed by atoms with Crippen LogP contribution >= 0.6 is 11.3 Å². The number of aromatic nitrogens is 2. The molecule has 0 aliphatic rings. The Morgan fingerprint density at radius 1 is 1.43 bits per heavy atom. The monoisotopic (exact) mass is 335 g/mol. The number of carbonyl (C=O) groups is 2. The molecule has 1 amide bonds. The zero-order chi connectivity index (χ0) is 16.4. The summed E-state index contributed by atoms with van der Waals surface area (Å²) in [6.45, 7) is -0.264. The maximum atomic E-state index is 14.1. The fraction of sp³-hybridized carbons (Fsp3) is 0.143. The number of ether oxygens (including phenoxy) is 1. The van der Waals surface area contributed by atoms with Crippen LogP contribution in [0.2, 0.25) is 0 Å². The summed E-state index contributed by atoms with van der Waals surface area (Å²) in [5.74, 6) is -1.82. The number of thiazole rings is 1. The zero-order valence-electron chi connectivity index (χ0n) is 11.9. The van der Waals surface area contributed by atoms with Crippen LogP contribution in [0, 0.1) is 5.82 Å². The first-order chi connectivity index (χ1) is 11.1. The van der Waals surface area contributed by atoms with Crippen molar-refractivity contribution in [2.45, 2.75) is 6.54 Å². The summed E-state index contributed by atoms with van der Waals surface area (Å²) in [4.78, 5) is 27.7. The van der Waals surface area contributed by atoms with Gasteiger partial charge in [-0.05, 0) is 12.1 Å². The molecule has 2 aromatic heterocycles. The summed E-state index contributed by atoms with van der Waals surface area (Å²) < 4.78 is 25.3. The van der Waals surface area contributed by atoms with E-state index in [-0.39, 0.29) is 22.6 Å². The Kier molecular flexibility index (Phi) is 4.02. The van der Waals surface area contributed by atoms with E-state index in [0.717, 1.165) is 11.3 Å². The average molecular weight is 335 g/mol. The third-order valence-corrected chi connectivity index (χ3v) is 4.06. The molecule has 0 fully saturated rings. The normalized spacial score (nSPS) is 11.8. The van der Waals surface area contributed by atoms with Crippen LogP contribution in [0.15, 0.2) is 40.0 Å². The molecule has 0 unspecified atom stereocenters. The third kappa shape index (κ3) is 2.90. The van der Waals surface area contributed by atoms with Crippen LogP contribution in [0.1, 0.15) is 10.6 Å². The van der Waals surface area contributed by atoms with Gasteiger partial charge in [0.15, 0.2) is 4.80 Å². The number of para-hydroxylation sites is 1. The summed E-state index contributed by atoms with van der Waals surface area (Å²) in [5, 5.41) is 3.43. The molecule has 23 heavy (non-hydrogen) atoms. The van der Waals surface area contributed by atoms with Crippen molar-refractivity contribution in [3.8, 4) is 0 Å². The minimum Gasteiger partial charge on any atom is -0.468 e. The molecule has 0 atom stereocenters. The van der Waals surface area contributed by atoms with Gasteiger partial charge in [0.2, 0.25) is 5.76 Å². The third-order valence-electron chi connectivity index (χ3n) is 3.01. The van der Waals surface area contributed by atoms with Crippen molar-refractivity contribution in [2.24, 2.45) is 4.99 Å². The van der Waals surface area contributed by atoms with Crippen LogP contribution in [-0.2, 0) is 16.1 Å². The lowest BCUT2D eigenvalue weighted by atomic mass is 10.3. The molecule has 7 nitrogen and oxygen atoms in total. The maximum Gasteiger partial charge on any atom is 0.325 e. The number of carbonyl (C=O) groups excluding carboxylic acids is 2. The second-order valence-electron chi connectivity index (χ2n) is 4.43. The van der Waals surface area contributed by atoms with Gasteiger partial charge in [0.25, 0.3) is 0 Å². The number of halogens is 1. The van der Waals surface area contributed by atoms with Crippen molar-refractivity contribution in [3.63, 3.8) is 0 Å². The zero-order valence-corrected chi connectivity index (χ0v) is 12.7. The van der Waals surface area contributed by atoms with E-state index in [1.165, 1.54) is 30.0 Å². The molecule has 3 aromatic rings. The van der Waals surface area contributed by atoms with Gasteiger partial charge in [0, 0.05) is 6.07 Å². The van der Waals surface area contributed by atoms with Gasteiger partial charge < -0.3 is 13.8 Å². The van der Waals surface area contributed by atoms with Gasteiger partial charge >= 0.3 is 11.9 Å². The SMILES string of the molecule is COC(=O)Cn1c(=NC(=O)c2ccno2)sc2cccc(F)c21. The van der Waals surface area contributed by atoms with Crippen molar-refractivity contribution in [1.82, 2.24) is 9.72 Å². The first-order valence-electron chi connectivity index (χ1n) is 6.44. The lowest BCUT2D eigenvalue weighted by Crippen LogP contribution is -2.22. The van der Waals surface area contributed by atoms with E-state index in [0.29, 0.717) is 4.70 Å². The lowest BCUT2D eigenvalue weighted by molar-refractivity contribution is -0.141.